The maximum Gasteiger partial charge on any atom is 0.223 e. The Bertz CT molecular complexity index is 524. The molecule has 24 heavy (non-hydrogen) atoms. The summed E-state index contributed by atoms with van der Waals surface area (Å²) in [5, 5.41) is 6.53. The highest BCUT2D eigenvalue weighted by atomic mass is 127. The fraction of sp³-hybridized carbons (Fsp3) is 0.556. The first kappa shape index (κ1) is 22.7. The van der Waals surface area contributed by atoms with Gasteiger partial charge in [0.2, 0.25) is 5.91 Å². The summed E-state index contributed by atoms with van der Waals surface area (Å²) in [6.45, 7) is 8.39. The number of rotatable bonds is 7. The first-order valence-electron chi connectivity index (χ1n) is 8.22. The van der Waals surface area contributed by atoms with E-state index in [1.807, 2.05) is 6.92 Å². The predicted molar refractivity (Wildman–Crippen MR) is 112 cm³/mol. The quantitative estimate of drug-likeness (QED) is 0.385. The molecule has 0 heterocycles. The number of halogens is 1. The highest BCUT2D eigenvalue weighted by Gasteiger charge is 2.03. The van der Waals surface area contributed by atoms with Crippen molar-refractivity contribution in [1.29, 1.82) is 0 Å². The highest BCUT2D eigenvalue weighted by molar-refractivity contribution is 14.0. The maximum atomic E-state index is 11.6. The van der Waals surface area contributed by atoms with Crippen LogP contribution in [-0.2, 0) is 11.2 Å². The van der Waals surface area contributed by atoms with Crippen LogP contribution in [0.4, 0.5) is 0 Å². The minimum atomic E-state index is 0. The number of aliphatic imine (C=N–C) groups is 1. The second-order valence-corrected chi connectivity index (χ2v) is 5.97. The molecule has 0 saturated carbocycles. The third-order valence-electron chi connectivity index (χ3n) is 3.43. The lowest BCUT2D eigenvalue weighted by molar-refractivity contribution is -0.128. The zero-order valence-corrected chi connectivity index (χ0v) is 17.8. The molecule has 1 aromatic rings. The van der Waals surface area contributed by atoms with Gasteiger partial charge in [0.25, 0.3) is 0 Å². The fourth-order valence-corrected chi connectivity index (χ4v) is 2.37. The third kappa shape index (κ3) is 9.10. The van der Waals surface area contributed by atoms with Crippen molar-refractivity contribution in [3.05, 3.63) is 34.9 Å². The molecule has 0 aliphatic rings. The predicted octanol–water partition coefficient (Wildman–Crippen LogP) is 2.50. The number of guanidine groups is 1. The van der Waals surface area contributed by atoms with E-state index in [0.29, 0.717) is 13.0 Å². The number of carbonyl (C=O) groups excluding carboxylic acids is 1. The van der Waals surface area contributed by atoms with Crippen LogP contribution in [0.2, 0.25) is 0 Å². The van der Waals surface area contributed by atoms with Gasteiger partial charge in [-0.15, -0.1) is 24.0 Å². The smallest absolute Gasteiger partial charge is 0.223 e. The molecule has 0 radical (unpaired) electrons. The summed E-state index contributed by atoms with van der Waals surface area (Å²) in [7, 11) is 3.53. The van der Waals surface area contributed by atoms with Crippen molar-refractivity contribution in [3.63, 3.8) is 0 Å². The molecule has 1 aromatic carbocycles. The summed E-state index contributed by atoms with van der Waals surface area (Å²) in [6, 6.07) is 6.62. The van der Waals surface area contributed by atoms with E-state index in [1.54, 1.807) is 19.0 Å². The first-order valence-corrected chi connectivity index (χ1v) is 8.22. The van der Waals surface area contributed by atoms with E-state index < -0.39 is 0 Å². The van der Waals surface area contributed by atoms with Gasteiger partial charge in [-0.3, -0.25) is 9.79 Å². The van der Waals surface area contributed by atoms with Gasteiger partial charge in [-0.25, -0.2) is 0 Å². The molecule has 0 saturated heterocycles. The van der Waals surface area contributed by atoms with Crippen LogP contribution in [0.1, 0.15) is 30.0 Å². The summed E-state index contributed by atoms with van der Waals surface area (Å²) in [5.74, 6) is 0.864. The average molecular weight is 446 g/mol. The van der Waals surface area contributed by atoms with Gasteiger partial charge in [0, 0.05) is 33.6 Å². The Balaban J connectivity index is 0.00000529. The SMILES string of the molecule is CCNC(=NCCC(=O)N(C)C)NCCc1cc(C)cc(C)c1.I. The third-order valence-corrected chi connectivity index (χ3v) is 3.43. The molecule has 0 fully saturated rings. The van der Waals surface area contributed by atoms with Crippen molar-refractivity contribution < 1.29 is 4.79 Å². The largest absolute Gasteiger partial charge is 0.357 e. The molecule has 0 aliphatic carbocycles. The molecule has 0 bridgehead atoms. The first-order chi connectivity index (χ1) is 10.9. The van der Waals surface area contributed by atoms with E-state index in [1.165, 1.54) is 16.7 Å². The normalized spacial score (nSPS) is 10.8. The fourth-order valence-electron chi connectivity index (χ4n) is 2.37. The number of nitrogens with one attached hydrogen (secondary N) is 2. The van der Waals surface area contributed by atoms with E-state index in [4.69, 9.17) is 0 Å². The summed E-state index contributed by atoms with van der Waals surface area (Å²) in [5.41, 5.74) is 3.92. The molecule has 1 rings (SSSR count). The molecule has 0 aliphatic heterocycles. The molecule has 136 valence electrons. The van der Waals surface area contributed by atoms with Gasteiger partial charge in [0.05, 0.1) is 6.54 Å². The molecule has 0 atom stereocenters. The van der Waals surface area contributed by atoms with Crippen LogP contribution >= 0.6 is 24.0 Å². The Morgan fingerprint density at radius 2 is 1.75 bits per heavy atom. The maximum absolute atomic E-state index is 11.6. The molecular formula is C18H31IN4O. The molecule has 0 unspecified atom stereocenters. The average Bonchev–Trinajstić information content (AvgIpc) is 2.46. The molecule has 0 aromatic heterocycles. The molecule has 6 heteroatoms. The van der Waals surface area contributed by atoms with Crippen molar-refractivity contribution in [1.82, 2.24) is 15.5 Å². The van der Waals surface area contributed by atoms with Crippen molar-refractivity contribution in [3.8, 4) is 0 Å². The van der Waals surface area contributed by atoms with Crippen molar-refractivity contribution in [2.75, 3.05) is 33.7 Å². The number of benzene rings is 1. The van der Waals surface area contributed by atoms with E-state index in [0.717, 1.165) is 25.5 Å². The minimum absolute atomic E-state index is 0. The van der Waals surface area contributed by atoms with Crippen molar-refractivity contribution in [2.24, 2.45) is 4.99 Å². The Labute approximate surface area is 163 Å². The van der Waals surface area contributed by atoms with E-state index in [-0.39, 0.29) is 29.9 Å². The number of carbonyl (C=O) groups is 1. The van der Waals surface area contributed by atoms with Crippen LogP contribution in [0.25, 0.3) is 0 Å². The Morgan fingerprint density at radius 3 is 2.29 bits per heavy atom. The van der Waals surface area contributed by atoms with E-state index in [2.05, 4.69) is 47.7 Å². The summed E-state index contributed by atoms with van der Waals surface area (Å²) < 4.78 is 0. The standard InChI is InChI=1S/C18H30N4O.HI/c1-6-19-18(21-10-8-17(23)22(4)5)20-9-7-16-12-14(2)11-15(3)13-16;/h11-13H,6-10H2,1-5H3,(H2,19,20,21);1H. The second-order valence-electron chi connectivity index (χ2n) is 5.97. The van der Waals surface area contributed by atoms with Crippen LogP contribution in [-0.4, -0.2) is 50.5 Å². The van der Waals surface area contributed by atoms with E-state index in [9.17, 15) is 4.79 Å². The molecule has 5 nitrogen and oxygen atoms in total. The van der Waals surface area contributed by atoms with Crippen LogP contribution in [0, 0.1) is 13.8 Å². The lowest BCUT2D eigenvalue weighted by Gasteiger charge is -2.12. The monoisotopic (exact) mass is 446 g/mol. The van der Waals surface area contributed by atoms with Gasteiger partial charge >= 0.3 is 0 Å². The zero-order chi connectivity index (χ0) is 17.2. The molecule has 0 spiro atoms. The minimum Gasteiger partial charge on any atom is -0.357 e. The van der Waals surface area contributed by atoms with Crippen LogP contribution in [0.5, 0.6) is 0 Å². The molecular weight excluding hydrogens is 415 g/mol. The summed E-state index contributed by atoms with van der Waals surface area (Å²) >= 11 is 0. The van der Waals surface area contributed by atoms with Gasteiger partial charge in [-0.05, 0) is 32.8 Å². The number of amides is 1. The number of hydrogen-bond donors (Lipinski definition) is 2. The topological polar surface area (TPSA) is 56.7 Å². The number of nitrogens with zero attached hydrogens (tertiary/aromatic N) is 2. The Morgan fingerprint density at radius 1 is 1.12 bits per heavy atom. The molecule has 1 amide bonds. The summed E-state index contributed by atoms with van der Waals surface area (Å²) in [4.78, 5) is 17.6. The van der Waals surface area contributed by atoms with E-state index >= 15 is 0 Å². The van der Waals surface area contributed by atoms with Gasteiger partial charge in [-0.1, -0.05) is 29.3 Å². The summed E-state index contributed by atoms with van der Waals surface area (Å²) in [6.07, 6.45) is 1.38. The van der Waals surface area contributed by atoms with Gasteiger partial charge in [-0.2, -0.15) is 0 Å². The highest BCUT2D eigenvalue weighted by Crippen LogP contribution is 2.08. The lowest BCUT2D eigenvalue weighted by atomic mass is 10.1. The number of aryl methyl sites for hydroxylation is 2. The van der Waals surface area contributed by atoms with Crippen LogP contribution in [0.15, 0.2) is 23.2 Å². The van der Waals surface area contributed by atoms with Crippen LogP contribution in [0.3, 0.4) is 0 Å². The number of hydrogen-bond acceptors (Lipinski definition) is 2. The van der Waals surface area contributed by atoms with Crippen LogP contribution < -0.4 is 10.6 Å². The van der Waals surface area contributed by atoms with Gasteiger partial charge in [0.15, 0.2) is 5.96 Å². The Kier molecular flexibility index (Phi) is 11.4. The zero-order valence-electron chi connectivity index (χ0n) is 15.5. The van der Waals surface area contributed by atoms with Gasteiger partial charge in [0.1, 0.15) is 0 Å². The van der Waals surface area contributed by atoms with Crippen molar-refractivity contribution in [2.45, 2.75) is 33.6 Å². The Hall–Kier alpha value is -1.31. The second kappa shape index (κ2) is 12.1. The molecule has 2 N–H and O–H groups in total. The lowest BCUT2D eigenvalue weighted by Crippen LogP contribution is -2.38. The van der Waals surface area contributed by atoms with Crippen molar-refractivity contribution >= 4 is 35.8 Å². The van der Waals surface area contributed by atoms with Gasteiger partial charge < -0.3 is 15.5 Å².